The van der Waals surface area contributed by atoms with Crippen LogP contribution >= 0.6 is 0 Å². The fourth-order valence-electron chi connectivity index (χ4n) is 2.33. The molecule has 5 nitrogen and oxygen atoms in total. The Labute approximate surface area is 122 Å². The summed E-state index contributed by atoms with van der Waals surface area (Å²) >= 11 is 0. The minimum absolute atomic E-state index is 0.0283. The first kappa shape index (κ1) is 17.0. The molecule has 1 fully saturated rings. The Morgan fingerprint density at radius 1 is 1.30 bits per heavy atom. The third-order valence-electron chi connectivity index (χ3n) is 3.95. The molecule has 0 aromatic heterocycles. The summed E-state index contributed by atoms with van der Waals surface area (Å²) in [6.07, 6.45) is 2.45. The van der Waals surface area contributed by atoms with Gasteiger partial charge in [-0.15, -0.1) is 0 Å². The van der Waals surface area contributed by atoms with Gasteiger partial charge in [0.15, 0.2) is 0 Å². The van der Waals surface area contributed by atoms with Crippen LogP contribution in [0.3, 0.4) is 0 Å². The molecule has 0 spiro atoms. The molecule has 1 aliphatic rings. The number of amides is 2. The maximum atomic E-state index is 12.3. The molecule has 0 bridgehead atoms. The number of unbranched alkanes of at least 4 members (excludes halogenated alkanes) is 1. The minimum atomic E-state index is -0.775. The van der Waals surface area contributed by atoms with Gasteiger partial charge in [0.2, 0.25) is 11.8 Å². The summed E-state index contributed by atoms with van der Waals surface area (Å²) in [5.74, 6) is -0.00837. The molecule has 1 N–H and O–H groups in total. The van der Waals surface area contributed by atoms with Crippen LogP contribution in [0.4, 0.5) is 0 Å². The fourth-order valence-corrected chi connectivity index (χ4v) is 2.33. The topological polar surface area (TPSA) is 52.6 Å². The lowest BCUT2D eigenvalue weighted by Gasteiger charge is -2.29. The van der Waals surface area contributed by atoms with Crippen LogP contribution in [0.15, 0.2) is 0 Å². The first-order valence-electron chi connectivity index (χ1n) is 7.54. The van der Waals surface area contributed by atoms with E-state index in [9.17, 15) is 9.59 Å². The van der Waals surface area contributed by atoms with Crippen molar-refractivity contribution in [1.29, 1.82) is 0 Å². The maximum Gasteiger partial charge on any atom is 0.247 e. The summed E-state index contributed by atoms with van der Waals surface area (Å²) in [5.41, 5.74) is -0.775. The van der Waals surface area contributed by atoms with E-state index in [0.717, 1.165) is 25.9 Å². The molecule has 0 aromatic carbocycles. The normalized spacial score (nSPS) is 19.4. The van der Waals surface area contributed by atoms with Crippen LogP contribution in [0.2, 0.25) is 0 Å². The van der Waals surface area contributed by atoms with Crippen LogP contribution in [0.5, 0.6) is 0 Å². The summed E-state index contributed by atoms with van der Waals surface area (Å²) < 4.78 is 0. The second-order valence-corrected chi connectivity index (χ2v) is 6.50. The molecule has 1 heterocycles. The van der Waals surface area contributed by atoms with Crippen LogP contribution < -0.4 is 5.32 Å². The zero-order chi connectivity index (χ0) is 15.3. The number of hydrogen-bond donors (Lipinski definition) is 1. The quantitative estimate of drug-likeness (QED) is 0.746. The molecule has 0 aliphatic carbocycles. The van der Waals surface area contributed by atoms with Gasteiger partial charge >= 0.3 is 0 Å². The molecular weight excluding hydrogens is 254 g/mol. The first-order valence-corrected chi connectivity index (χ1v) is 7.54. The van der Waals surface area contributed by atoms with E-state index in [2.05, 4.69) is 31.1 Å². The Hall–Kier alpha value is -1.10. The van der Waals surface area contributed by atoms with Gasteiger partial charge in [-0.2, -0.15) is 0 Å². The summed E-state index contributed by atoms with van der Waals surface area (Å²) in [6, 6.07) is 0.551. The number of carbonyl (C=O) groups excluding carboxylic acids is 2. The van der Waals surface area contributed by atoms with Crippen LogP contribution in [0, 0.1) is 0 Å². The van der Waals surface area contributed by atoms with Crippen molar-refractivity contribution in [3.05, 3.63) is 0 Å². The summed E-state index contributed by atoms with van der Waals surface area (Å²) in [5, 5.41) is 2.78. The average Bonchev–Trinajstić information content (AvgIpc) is 2.44. The highest BCUT2D eigenvalue weighted by Gasteiger charge is 2.35. The van der Waals surface area contributed by atoms with Gasteiger partial charge in [0, 0.05) is 25.6 Å². The Balaban J connectivity index is 2.42. The Morgan fingerprint density at radius 2 is 1.95 bits per heavy atom. The van der Waals surface area contributed by atoms with Crippen molar-refractivity contribution < 1.29 is 9.59 Å². The van der Waals surface area contributed by atoms with E-state index in [1.165, 1.54) is 0 Å². The number of rotatable bonds is 6. The van der Waals surface area contributed by atoms with E-state index in [-0.39, 0.29) is 11.8 Å². The third-order valence-corrected chi connectivity index (χ3v) is 3.95. The van der Waals surface area contributed by atoms with Gasteiger partial charge in [-0.3, -0.25) is 9.59 Å². The molecule has 0 saturated carbocycles. The van der Waals surface area contributed by atoms with Gasteiger partial charge in [-0.1, -0.05) is 0 Å². The van der Waals surface area contributed by atoms with E-state index in [4.69, 9.17) is 0 Å². The van der Waals surface area contributed by atoms with Crippen molar-refractivity contribution in [2.45, 2.75) is 58.5 Å². The van der Waals surface area contributed by atoms with Crippen LogP contribution in [-0.2, 0) is 9.59 Å². The molecule has 0 unspecified atom stereocenters. The molecule has 2 amide bonds. The number of nitrogens with zero attached hydrogens (tertiary/aromatic N) is 2. The van der Waals surface area contributed by atoms with Gasteiger partial charge in [0.05, 0.1) is 0 Å². The maximum absolute atomic E-state index is 12.3. The van der Waals surface area contributed by atoms with Gasteiger partial charge < -0.3 is 15.1 Å². The van der Waals surface area contributed by atoms with Crippen molar-refractivity contribution >= 4 is 11.8 Å². The zero-order valence-electron chi connectivity index (χ0n) is 13.5. The van der Waals surface area contributed by atoms with Crippen molar-refractivity contribution in [1.82, 2.24) is 15.1 Å². The SMILES string of the molecule is CC(C)N(C)CCCCN1CCC(=O)NC(C)(C)C1=O. The van der Waals surface area contributed by atoms with Crippen LogP contribution in [0.1, 0.15) is 47.0 Å². The fraction of sp³-hybridized carbons (Fsp3) is 0.867. The van der Waals surface area contributed by atoms with E-state index in [1.54, 1.807) is 13.8 Å². The lowest BCUT2D eigenvalue weighted by Crippen LogP contribution is -2.52. The standard InChI is InChI=1S/C15H29N3O2/c1-12(2)17(5)9-6-7-10-18-11-8-13(19)16-15(3,4)14(18)20/h12H,6-11H2,1-5H3,(H,16,19). The molecule has 20 heavy (non-hydrogen) atoms. The first-order chi connectivity index (χ1) is 9.24. The third kappa shape index (κ3) is 4.78. The summed E-state index contributed by atoms with van der Waals surface area (Å²) in [6.45, 7) is 10.2. The smallest absolute Gasteiger partial charge is 0.247 e. The molecule has 0 atom stereocenters. The average molecular weight is 283 g/mol. The monoisotopic (exact) mass is 283 g/mol. The van der Waals surface area contributed by atoms with Gasteiger partial charge in [0.1, 0.15) is 5.54 Å². The van der Waals surface area contributed by atoms with Gasteiger partial charge in [-0.05, 0) is 54.1 Å². The number of carbonyl (C=O) groups is 2. The van der Waals surface area contributed by atoms with Crippen molar-refractivity contribution in [2.75, 3.05) is 26.7 Å². The zero-order valence-corrected chi connectivity index (χ0v) is 13.5. The predicted octanol–water partition coefficient (Wildman–Crippen LogP) is 1.23. The molecule has 116 valence electrons. The molecular formula is C15H29N3O2. The van der Waals surface area contributed by atoms with E-state index in [1.807, 2.05) is 4.90 Å². The van der Waals surface area contributed by atoms with E-state index < -0.39 is 5.54 Å². The molecule has 5 heteroatoms. The van der Waals surface area contributed by atoms with E-state index >= 15 is 0 Å². The molecule has 1 saturated heterocycles. The van der Waals surface area contributed by atoms with Gasteiger partial charge in [-0.25, -0.2) is 0 Å². The van der Waals surface area contributed by atoms with E-state index in [0.29, 0.717) is 19.0 Å². The predicted molar refractivity (Wildman–Crippen MR) is 80.4 cm³/mol. The van der Waals surface area contributed by atoms with Crippen molar-refractivity contribution in [3.63, 3.8) is 0 Å². The van der Waals surface area contributed by atoms with Crippen molar-refractivity contribution in [2.24, 2.45) is 0 Å². The van der Waals surface area contributed by atoms with Crippen LogP contribution in [-0.4, -0.2) is 59.9 Å². The van der Waals surface area contributed by atoms with Crippen molar-refractivity contribution in [3.8, 4) is 0 Å². The molecule has 0 aromatic rings. The Kier molecular flexibility index (Phi) is 5.99. The Bertz CT molecular complexity index is 353. The lowest BCUT2D eigenvalue weighted by atomic mass is 10.0. The largest absolute Gasteiger partial charge is 0.342 e. The highest BCUT2D eigenvalue weighted by atomic mass is 16.2. The molecule has 1 aliphatic heterocycles. The summed E-state index contributed by atoms with van der Waals surface area (Å²) in [7, 11) is 2.12. The highest BCUT2D eigenvalue weighted by Crippen LogP contribution is 2.14. The summed E-state index contributed by atoms with van der Waals surface area (Å²) in [4.78, 5) is 28.1. The van der Waals surface area contributed by atoms with Crippen LogP contribution in [0.25, 0.3) is 0 Å². The highest BCUT2D eigenvalue weighted by molar-refractivity contribution is 5.92. The molecule has 1 rings (SSSR count). The lowest BCUT2D eigenvalue weighted by molar-refractivity contribution is -0.137. The second-order valence-electron chi connectivity index (χ2n) is 6.50. The van der Waals surface area contributed by atoms with Gasteiger partial charge in [0.25, 0.3) is 0 Å². The number of hydrogen-bond acceptors (Lipinski definition) is 3. The minimum Gasteiger partial charge on any atom is -0.342 e. The Morgan fingerprint density at radius 3 is 2.55 bits per heavy atom. The second kappa shape index (κ2) is 7.07. The molecule has 0 radical (unpaired) electrons. The number of nitrogens with one attached hydrogen (secondary N) is 1.